The molecule has 6 heteroatoms. The zero-order valence-electron chi connectivity index (χ0n) is 13.8. The third-order valence-corrected chi connectivity index (χ3v) is 5.31. The van der Waals surface area contributed by atoms with Crippen LogP contribution in [0.25, 0.3) is 11.5 Å². The van der Waals surface area contributed by atoms with Gasteiger partial charge in [-0.3, -0.25) is 4.79 Å². The number of piperidine rings is 1. The van der Waals surface area contributed by atoms with Crippen LogP contribution in [-0.2, 0) is 4.79 Å². The molecule has 2 atom stereocenters. The van der Waals surface area contributed by atoms with E-state index in [0.29, 0.717) is 11.7 Å². The Balaban J connectivity index is 1.39. The van der Waals surface area contributed by atoms with E-state index in [1.807, 2.05) is 37.3 Å². The molecular formula is C18H22N4O2. The molecule has 2 N–H and O–H groups in total. The predicted molar refractivity (Wildman–Crippen MR) is 88.9 cm³/mol. The summed E-state index contributed by atoms with van der Waals surface area (Å²) in [5, 5.41) is 10.4. The van der Waals surface area contributed by atoms with Crippen molar-refractivity contribution < 1.29 is 9.32 Å². The molecule has 2 aliphatic rings. The van der Waals surface area contributed by atoms with E-state index in [4.69, 9.17) is 4.52 Å². The number of nitrogens with one attached hydrogen (secondary N) is 2. The van der Waals surface area contributed by atoms with E-state index >= 15 is 0 Å². The standard InChI is InChI=1S/C18H22N4O2/c1-12(15-21-17(24-22-15)13-5-3-2-4-6-13)20-16(23)14-11-18(14)7-9-19-10-8-18/h2-6,12,14,19H,7-11H2,1H3,(H,20,23). The van der Waals surface area contributed by atoms with Crippen LogP contribution in [0, 0.1) is 11.3 Å². The van der Waals surface area contributed by atoms with Crippen molar-refractivity contribution in [1.82, 2.24) is 20.8 Å². The van der Waals surface area contributed by atoms with Gasteiger partial charge < -0.3 is 15.2 Å². The summed E-state index contributed by atoms with van der Waals surface area (Å²) in [4.78, 5) is 16.9. The van der Waals surface area contributed by atoms with Gasteiger partial charge in [-0.1, -0.05) is 23.4 Å². The highest BCUT2D eigenvalue weighted by Crippen LogP contribution is 2.58. The van der Waals surface area contributed by atoms with Crippen LogP contribution in [0.2, 0.25) is 0 Å². The SMILES string of the molecule is CC(NC(=O)C1CC12CCNCC2)c1noc(-c2ccccc2)n1. The van der Waals surface area contributed by atoms with Crippen LogP contribution in [0.1, 0.15) is 38.1 Å². The molecule has 2 fully saturated rings. The number of hydrogen-bond donors (Lipinski definition) is 2. The zero-order valence-corrected chi connectivity index (χ0v) is 13.8. The van der Waals surface area contributed by atoms with Gasteiger partial charge in [-0.2, -0.15) is 4.98 Å². The Hall–Kier alpha value is -2.21. The highest BCUT2D eigenvalue weighted by atomic mass is 16.5. The third-order valence-electron chi connectivity index (χ3n) is 5.31. The van der Waals surface area contributed by atoms with Crippen LogP contribution >= 0.6 is 0 Å². The van der Waals surface area contributed by atoms with E-state index < -0.39 is 0 Å². The van der Waals surface area contributed by atoms with Crippen molar-refractivity contribution in [1.29, 1.82) is 0 Å². The second kappa shape index (κ2) is 6.02. The van der Waals surface area contributed by atoms with Crippen molar-refractivity contribution in [2.75, 3.05) is 13.1 Å². The lowest BCUT2D eigenvalue weighted by Gasteiger charge is -2.23. The van der Waals surface area contributed by atoms with Crippen LogP contribution in [0.3, 0.4) is 0 Å². The van der Waals surface area contributed by atoms with E-state index in [9.17, 15) is 4.79 Å². The van der Waals surface area contributed by atoms with E-state index in [2.05, 4.69) is 20.8 Å². The van der Waals surface area contributed by atoms with Gasteiger partial charge in [-0.05, 0) is 56.8 Å². The molecule has 1 amide bonds. The summed E-state index contributed by atoms with van der Waals surface area (Å²) in [6, 6.07) is 9.39. The molecule has 1 spiro atoms. The molecule has 1 aromatic heterocycles. The summed E-state index contributed by atoms with van der Waals surface area (Å²) in [6.07, 6.45) is 3.20. The van der Waals surface area contributed by atoms with Crippen LogP contribution in [0.4, 0.5) is 0 Å². The third kappa shape index (κ3) is 2.82. The summed E-state index contributed by atoms with van der Waals surface area (Å²) >= 11 is 0. The number of benzene rings is 1. The fourth-order valence-corrected chi connectivity index (χ4v) is 3.68. The quantitative estimate of drug-likeness (QED) is 0.901. The fourth-order valence-electron chi connectivity index (χ4n) is 3.68. The minimum Gasteiger partial charge on any atom is -0.346 e. The maximum atomic E-state index is 12.5. The van der Waals surface area contributed by atoms with Gasteiger partial charge in [-0.15, -0.1) is 0 Å². The molecule has 0 radical (unpaired) electrons. The molecule has 2 heterocycles. The van der Waals surface area contributed by atoms with Crippen LogP contribution in [-0.4, -0.2) is 29.1 Å². The number of rotatable bonds is 4. The summed E-state index contributed by atoms with van der Waals surface area (Å²) < 4.78 is 5.32. The van der Waals surface area contributed by atoms with Gasteiger partial charge in [-0.25, -0.2) is 0 Å². The monoisotopic (exact) mass is 326 g/mol. The Morgan fingerprint density at radius 3 is 2.83 bits per heavy atom. The minimum absolute atomic E-state index is 0.121. The van der Waals surface area contributed by atoms with Crippen molar-refractivity contribution in [3.63, 3.8) is 0 Å². The van der Waals surface area contributed by atoms with Crippen LogP contribution in [0.5, 0.6) is 0 Å². The fraction of sp³-hybridized carbons (Fsp3) is 0.500. The summed E-state index contributed by atoms with van der Waals surface area (Å²) in [5.41, 5.74) is 1.12. The van der Waals surface area contributed by atoms with E-state index in [-0.39, 0.29) is 23.3 Å². The highest BCUT2D eigenvalue weighted by molar-refractivity contribution is 5.83. The largest absolute Gasteiger partial charge is 0.346 e. The Morgan fingerprint density at radius 1 is 1.33 bits per heavy atom. The molecule has 0 bridgehead atoms. The lowest BCUT2D eigenvalue weighted by atomic mass is 9.91. The lowest BCUT2D eigenvalue weighted by molar-refractivity contribution is -0.124. The van der Waals surface area contributed by atoms with Gasteiger partial charge in [0.1, 0.15) is 0 Å². The van der Waals surface area contributed by atoms with Gasteiger partial charge in [0, 0.05) is 11.5 Å². The topological polar surface area (TPSA) is 80.0 Å². The summed E-state index contributed by atoms with van der Waals surface area (Å²) in [6.45, 7) is 3.93. The van der Waals surface area contributed by atoms with Crippen molar-refractivity contribution in [2.24, 2.45) is 11.3 Å². The first-order valence-corrected chi connectivity index (χ1v) is 8.58. The van der Waals surface area contributed by atoms with Crippen LogP contribution < -0.4 is 10.6 Å². The molecule has 2 aromatic rings. The number of aromatic nitrogens is 2. The maximum Gasteiger partial charge on any atom is 0.257 e. The van der Waals surface area contributed by atoms with Crippen molar-refractivity contribution >= 4 is 5.91 Å². The molecule has 4 rings (SSSR count). The van der Waals surface area contributed by atoms with Crippen LogP contribution in [0.15, 0.2) is 34.9 Å². The molecule has 24 heavy (non-hydrogen) atoms. The van der Waals surface area contributed by atoms with Gasteiger partial charge >= 0.3 is 0 Å². The maximum absolute atomic E-state index is 12.5. The smallest absolute Gasteiger partial charge is 0.257 e. The molecular weight excluding hydrogens is 304 g/mol. The van der Waals surface area contributed by atoms with E-state index in [1.165, 1.54) is 0 Å². The number of nitrogens with zero attached hydrogens (tertiary/aromatic N) is 2. The lowest BCUT2D eigenvalue weighted by Crippen LogP contribution is -2.34. The predicted octanol–water partition coefficient (Wildman–Crippen LogP) is 2.30. The molecule has 6 nitrogen and oxygen atoms in total. The molecule has 1 aliphatic heterocycles. The molecule has 1 aromatic carbocycles. The number of hydrogen-bond acceptors (Lipinski definition) is 5. The molecule has 126 valence electrons. The normalized spacial score (nSPS) is 23.0. The van der Waals surface area contributed by atoms with E-state index in [0.717, 1.165) is 37.9 Å². The van der Waals surface area contributed by atoms with Crippen molar-refractivity contribution in [3.05, 3.63) is 36.2 Å². The van der Waals surface area contributed by atoms with Gasteiger partial charge in [0.2, 0.25) is 5.91 Å². The molecule has 1 saturated heterocycles. The average molecular weight is 326 g/mol. The summed E-state index contributed by atoms with van der Waals surface area (Å²) in [5.74, 6) is 1.26. The number of carbonyl (C=O) groups excluding carboxylic acids is 1. The van der Waals surface area contributed by atoms with Crippen molar-refractivity contribution in [2.45, 2.75) is 32.2 Å². The number of carbonyl (C=O) groups is 1. The average Bonchev–Trinajstić information content (AvgIpc) is 3.08. The van der Waals surface area contributed by atoms with Gasteiger partial charge in [0.15, 0.2) is 5.82 Å². The number of amides is 1. The second-order valence-corrected chi connectivity index (χ2v) is 6.92. The highest BCUT2D eigenvalue weighted by Gasteiger charge is 2.57. The van der Waals surface area contributed by atoms with Crippen molar-refractivity contribution in [3.8, 4) is 11.5 Å². The Labute approximate surface area is 141 Å². The van der Waals surface area contributed by atoms with Gasteiger partial charge in [0.05, 0.1) is 6.04 Å². The van der Waals surface area contributed by atoms with E-state index in [1.54, 1.807) is 0 Å². The first-order chi connectivity index (χ1) is 11.7. The molecule has 2 unspecified atom stereocenters. The zero-order chi connectivity index (χ0) is 16.6. The Bertz CT molecular complexity index is 722. The second-order valence-electron chi connectivity index (χ2n) is 6.92. The van der Waals surface area contributed by atoms with Gasteiger partial charge in [0.25, 0.3) is 5.89 Å². The first-order valence-electron chi connectivity index (χ1n) is 8.58. The minimum atomic E-state index is -0.252. The molecule has 1 saturated carbocycles. The molecule has 1 aliphatic carbocycles. The summed E-state index contributed by atoms with van der Waals surface area (Å²) in [7, 11) is 0. The Kier molecular flexibility index (Phi) is 3.84. The Morgan fingerprint density at radius 2 is 2.08 bits per heavy atom. The first kappa shape index (κ1) is 15.3.